The maximum Gasteiger partial charge on any atom is 0.0283 e. The lowest BCUT2D eigenvalue weighted by Crippen LogP contribution is -1.90. The molecule has 0 aromatic heterocycles. The van der Waals surface area contributed by atoms with Crippen LogP contribution in [0.4, 0.5) is 0 Å². The van der Waals surface area contributed by atoms with E-state index < -0.39 is 0 Å². The standard InChI is InChI=1S/C32H22Br2/c33-19-21-5-9-23(10-6-21)30-14-13-27-17-28-15-25-3-1-2-4-26(25)16-29(28)18-31(27)32(30)24-11-7-22(20-34)8-12-24/h1-18H,19-20H2. The number of alkyl halides is 2. The van der Waals surface area contributed by atoms with Crippen molar-refractivity contribution in [2.24, 2.45) is 0 Å². The van der Waals surface area contributed by atoms with Gasteiger partial charge in [0.05, 0.1) is 0 Å². The summed E-state index contributed by atoms with van der Waals surface area (Å²) in [6.45, 7) is 0. The summed E-state index contributed by atoms with van der Waals surface area (Å²) in [6, 6.07) is 40.3. The third kappa shape index (κ3) is 3.85. The summed E-state index contributed by atoms with van der Waals surface area (Å²) in [5, 5.41) is 9.40. The molecule has 34 heavy (non-hydrogen) atoms. The first-order valence-electron chi connectivity index (χ1n) is 11.4. The van der Waals surface area contributed by atoms with Gasteiger partial charge in [-0.2, -0.15) is 0 Å². The quantitative estimate of drug-likeness (QED) is 0.147. The summed E-state index contributed by atoms with van der Waals surface area (Å²) in [5.41, 5.74) is 7.61. The Hall–Kier alpha value is -2.94. The van der Waals surface area contributed by atoms with Crippen LogP contribution in [0.5, 0.6) is 0 Å². The predicted molar refractivity (Wildman–Crippen MR) is 155 cm³/mol. The van der Waals surface area contributed by atoms with Crippen molar-refractivity contribution in [2.45, 2.75) is 10.7 Å². The largest absolute Gasteiger partial charge is 0.0876 e. The minimum atomic E-state index is 0.862. The monoisotopic (exact) mass is 564 g/mol. The molecule has 2 heteroatoms. The molecule has 0 aliphatic heterocycles. The molecule has 0 N–H and O–H groups in total. The summed E-state index contributed by atoms with van der Waals surface area (Å²) < 4.78 is 0. The Morgan fingerprint density at radius 3 is 1.56 bits per heavy atom. The summed E-state index contributed by atoms with van der Waals surface area (Å²) in [4.78, 5) is 0. The number of hydrogen-bond donors (Lipinski definition) is 0. The van der Waals surface area contributed by atoms with Crippen molar-refractivity contribution < 1.29 is 0 Å². The Kier molecular flexibility index (Phi) is 5.72. The van der Waals surface area contributed by atoms with Gasteiger partial charge in [-0.05, 0) is 90.0 Å². The fraction of sp³-hybridized carbons (Fsp3) is 0.0625. The van der Waals surface area contributed by atoms with Gasteiger partial charge in [0.2, 0.25) is 0 Å². The molecule has 0 radical (unpaired) electrons. The van der Waals surface area contributed by atoms with Crippen LogP contribution in [0, 0.1) is 0 Å². The van der Waals surface area contributed by atoms with E-state index >= 15 is 0 Å². The smallest absolute Gasteiger partial charge is 0.0283 e. The Morgan fingerprint density at radius 2 is 0.971 bits per heavy atom. The molecule has 0 unspecified atom stereocenters. The van der Waals surface area contributed by atoms with E-state index in [1.165, 1.54) is 65.7 Å². The van der Waals surface area contributed by atoms with Gasteiger partial charge in [0.25, 0.3) is 0 Å². The van der Waals surface area contributed by atoms with E-state index in [1.54, 1.807) is 0 Å². The van der Waals surface area contributed by atoms with Crippen molar-refractivity contribution in [1.82, 2.24) is 0 Å². The van der Waals surface area contributed by atoms with Crippen LogP contribution >= 0.6 is 31.9 Å². The second-order valence-corrected chi connectivity index (χ2v) is 9.89. The van der Waals surface area contributed by atoms with Crippen LogP contribution in [0.25, 0.3) is 54.6 Å². The van der Waals surface area contributed by atoms with Gasteiger partial charge in [-0.3, -0.25) is 0 Å². The molecule has 0 amide bonds. The second-order valence-electron chi connectivity index (χ2n) is 8.77. The maximum absolute atomic E-state index is 3.59. The maximum atomic E-state index is 3.59. The molecule has 0 nitrogen and oxygen atoms in total. The van der Waals surface area contributed by atoms with Crippen LogP contribution in [0.3, 0.4) is 0 Å². The Bertz CT molecular complexity index is 1650. The van der Waals surface area contributed by atoms with Gasteiger partial charge in [-0.15, -0.1) is 0 Å². The average Bonchev–Trinajstić information content (AvgIpc) is 2.90. The van der Waals surface area contributed by atoms with E-state index in [0.29, 0.717) is 0 Å². The fourth-order valence-electron chi connectivity index (χ4n) is 4.85. The van der Waals surface area contributed by atoms with Gasteiger partial charge in [0.15, 0.2) is 0 Å². The molecule has 164 valence electrons. The van der Waals surface area contributed by atoms with Crippen molar-refractivity contribution in [1.29, 1.82) is 0 Å². The number of fused-ring (bicyclic) bond motifs is 3. The van der Waals surface area contributed by atoms with E-state index in [9.17, 15) is 0 Å². The summed E-state index contributed by atoms with van der Waals surface area (Å²) in [6.07, 6.45) is 0. The minimum absolute atomic E-state index is 0.862. The highest BCUT2D eigenvalue weighted by molar-refractivity contribution is 9.08. The number of halogens is 2. The fourth-order valence-corrected chi connectivity index (χ4v) is 5.60. The number of rotatable bonds is 4. The molecule has 0 spiro atoms. The molecule has 6 aromatic rings. The highest BCUT2D eigenvalue weighted by Gasteiger charge is 2.14. The molecular weight excluding hydrogens is 544 g/mol. The van der Waals surface area contributed by atoms with Gasteiger partial charge < -0.3 is 0 Å². The molecule has 0 saturated heterocycles. The first-order chi connectivity index (χ1) is 16.7. The highest BCUT2D eigenvalue weighted by atomic mass is 79.9. The van der Waals surface area contributed by atoms with E-state index in [4.69, 9.17) is 0 Å². The van der Waals surface area contributed by atoms with Crippen molar-refractivity contribution in [3.63, 3.8) is 0 Å². The van der Waals surface area contributed by atoms with E-state index in [1.807, 2.05) is 0 Å². The van der Waals surface area contributed by atoms with Gasteiger partial charge in [0.1, 0.15) is 0 Å². The van der Waals surface area contributed by atoms with Crippen LogP contribution in [0.1, 0.15) is 11.1 Å². The number of benzene rings is 6. The molecule has 6 rings (SSSR count). The third-order valence-electron chi connectivity index (χ3n) is 6.66. The van der Waals surface area contributed by atoms with E-state index in [-0.39, 0.29) is 0 Å². The zero-order valence-corrected chi connectivity index (χ0v) is 21.7. The Labute approximate surface area is 216 Å². The molecular formula is C32H22Br2. The van der Waals surface area contributed by atoms with Crippen molar-refractivity contribution in [2.75, 3.05) is 0 Å². The second kappa shape index (κ2) is 9.02. The molecule has 0 atom stereocenters. The molecule has 6 aromatic carbocycles. The normalized spacial score (nSPS) is 11.5. The van der Waals surface area contributed by atoms with Crippen LogP contribution < -0.4 is 0 Å². The van der Waals surface area contributed by atoms with Crippen molar-refractivity contribution in [3.8, 4) is 22.3 Å². The first kappa shape index (κ1) is 21.6. The van der Waals surface area contributed by atoms with Crippen molar-refractivity contribution in [3.05, 3.63) is 120 Å². The number of hydrogen-bond acceptors (Lipinski definition) is 0. The average molecular weight is 566 g/mol. The SMILES string of the molecule is BrCc1ccc(-c2ccc3cc4cc5ccccc5cc4cc3c2-c2ccc(CBr)cc2)cc1. The van der Waals surface area contributed by atoms with E-state index in [0.717, 1.165) is 10.7 Å². The van der Waals surface area contributed by atoms with Crippen LogP contribution in [-0.2, 0) is 10.7 Å². The van der Waals surface area contributed by atoms with Gasteiger partial charge >= 0.3 is 0 Å². The first-order valence-corrected chi connectivity index (χ1v) is 13.7. The van der Waals surface area contributed by atoms with Gasteiger partial charge in [-0.25, -0.2) is 0 Å². The van der Waals surface area contributed by atoms with E-state index in [2.05, 4.69) is 141 Å². The lowest BCUT2D eigenvalue weighted by molar-refractivity contribution is 1.43. The molecule has 0 fully saturated rings. The lowest BCUT2D eigenvalue weighted by atomic mass is 9.88. The van der Waals surface area contributed by atoms with Crippen LogP contribution in [0.2, 0.25) is 0 Å². The zero-order valence-electron chi connectivity index (χ0n) is 18.6. The predicted octanol–water partition coefficient (Wildman–Crippen LogP) is 10.3. The molecule has 0 heterocycles. The molecule has 0 aliphatic rings. The third-order valence-corrected chi connectivity index (χ3v) is 7.95. The summed E-state index contributed by atoms with van der Waals surface area (Å²) in [7, 11) is 0. The summed E-state index contributed by atoms with van der Waals surface area (Å²) >= 11 is 7.16. The van der Waals surface area contributed by atoms with Gasteiger partial charge in [0, 0.05) is 10.7 Å². The highest BCUT2D eigenvalue weighted by Crippen LogP contribution is 2.40. The summed E-state index contributed by atoms with van der Waals surface area (Å²) in [5.74, 6) is 0. The Balaban J connectivity index is 1.66. The molecule has 0 bridgehead atoms. The topological polar surface area (TPSA) is 0 Å². The lowest BCUT2D eigenvalue weighted by Gasteiger charge is -2.16. The molecule has 0 saturated carbocycles. The minimum Gasteiger partial charge on any atom is -0.0876 e. The van der Waals surface area contributed by atoms with Crippen LogP contribution in [0.15, 0.2) is 109 Å². The van der Waals surface area contributed by atoms with Gasteiger partial charge in [-0.1, -0.05) is 117 Å². The zero-order chi connectivity index (χ0) is 23.1. The molecule has 0 aliphatic carbocycles. The van der Waals surface area contributed by atoms with Crippen molar-refractivity contribution >= 4 is 64.2 Å². The Morgan fingerprint density at radius 1 is 0.441 bits per heavy atom. The van der Waals surface area contributed by atoms with Crippen LogP contribution in [-0.4, -0.2) is 0 Å².